The fourth-order valence-corrected chi connectivity index (χ4v) is 1.40. The van der Waals surface area contributed by atoms with E-state index in [-0.39, 0.29) is 5.97 Å². The second-order valence-electron chi connectivity index (χ2n) is 4.49. The Balaban J connectivity index is 0. The quantitative estimate of drug-likeness (QED) is 0.399. The van der Waals surface area contributed by atoms with Gasteiger partial charge in [-0.1, -0.05) is 39.7 Å². The van der Waals surface area contributed by atoms with Crippen molar-refractivity contribution >= 4 is 17.9 Å². The van der Waals surface area contributed by atoms with E-state index < -0.39 is 11.9 Å². The first-order valence-corrected chi connectivity index (χ1v) is 7.23. The van der Waals surface area contributed by atoms with Crippen molar-refractivity contribution in [3.63, 3.8) is 0 Å². The molecule has 0 heterocycles. The van der Waals surface area contributed by atoms with Crippen LogP contribution in [-0.2, 0) is 23.9 Å². The molecule has 0 aliphatic carbocycles. The van der Waals surface area contributed by atoms with E-state index in [1.165, 1.54) is 6.92 Å². The van der Waals surface area contributed by atoms with Gasteiger partial charge in [-0.25, -0.2) is 9.59 Å². The zero-order chi connectivity index (χ0) is 17.4. The Morgan fingerprint density at radius 2 is 1.86 bits per heavy atom. The van der Waals surface area contributed by atoms with Crippen LogP contribution in [0, 0.1) is 5.92 Å². The van der Waals surface area contributed by atoms with Crippen LogP contribution in [0.2, 0.25) is 0 Å². The van der Waals surface area contributed by atoms with Crippen molar-refractivity contribution in [2.75, 3.05) is 6.61 Å². The maximum atomic E-state index is 11.1. The molecule has 0 fully saturated rings. The van der Waals surface area contributed by atoms with Crippen LogP contribution in [0.25, 0.3) is 0 Å². The van der Waals surface area contributed by atoms with Gasteiger partial charge in [0.05, 0.1) is 12.9 Å². The summed E-state index contributed by atoms with van der Waals surface area (Å²) in [4.78, 5) is 31.0. The number of carbonyl (C=O) groups excluding carboxylic acids is 2. The topological polar surface area (TPSA) is 89.9 Å². The largest absolute Gasteiger partial charge is 0.478 e. The average Bonchev–Trinajstić information content (AvgIpc) is 2.45. The van der Waals surface area contributed by atoms with Crippen LogP contribution in [0.15, 0.2) is 25.0 Å². The molecule has 0 radical (unpaired) electrons. The van der Waals surface area contributed by atoms with Crippen molar-refractivity contribution in [1.29, 1.82) is 0 Å². The van der Waals surface area contributed by atoms with Gasteiger partial charge in [0.25, 0.3) is 0 Å². The van der Waals surface area contributed by atoms with Crippen LogP contribution >= 0.6 is 0 Å². The minimum absolute atomic E-state index is 0.329. The van der Waals surface area contributed by atoms with E-state index in [1.807, 2.05) is 0 Å². The molecule has 0 bridgehead atoms. The molecule has 1 unspecified atom stereocenters. The average molecular weight is 314 g/mol. The number of aliphatic carboxylic acids is 1. The molecule has 6 nitrogen and oxygen atoms in total. The summed E-state index contributed by atoms with van der Waals surface area (Å²) >= 11 is 0. The molecule has 0 aromatic rings. The predicted molar refractivity (Wildman–Crippen MR) is 83.0 cm³/mol. The fraction of sp³-hybridized carbons (Fsp3) is 0.562. The summed E-state index contributed by atoms with van der Waals surface area (Å²) in [5.74, 6) is -1.68. The van der Waals surface area contributed by atoms with E-state index >= 15 is 0 Å². The minimum atomic E-state index is -1.14. The van der Waals surface area contributed by atoms with E-state index in [2.05, 4.69) is 25.2 Å². The number of carbonyl (C=O) groups is 3. The first-order valence-electron chi connectivity index (χ1n) is 7.23. The van der Waals surface area contributed by atoms with Gasteiger partial charge in [-0.2, -0.15) is 0 Å². The van der Waals surface area contributed by atoms with Crippen LogP contribution in [0.5, 0.6) is 0 Å². The van der Waals surface area contributed by atoms with Gasteiger partial charge in [0.1, 0.15) is 0 Å². The second-order valence-corrected chi connectivity index (χ2v) is 4.49. The van der Waals surface area contributed by atoms with Crippen LogP contribution < -0.4 is 0 Å². The van der Waals surface area contributed by atoms with Crippen molar-refractivity contribution < 1.29 is 29.0 Å². The maximum absolute atomic E-state index is 11.1. The standard InChI is InChI=1S/C12H20O4.C4H6O2/c1-3-5-6-10(4-2)9-16-12(15)8-7-11(13)14;1-3-6-4(2)5/h7-8,10H,3-6,9H2,1-2H3,(H,13,14);3H,1H2,2H3. The zero-order valence-electron chi connectivity index (χ0n) is 13.5. The smallest absolute Gasteiger partial charge is 0.331 e. The molecule has 0 aromatic heterocycles. The van der Waals surface area contributed by atoms with Gasteiger partial charge in [0, 0.05) is 19.1 Å². The number of rotatable bonds is 9. The lowest BCUT2D eigenvalue weighted by Crippen LogP contribution is -2.12. The number of carboxylic acids is 1. The van der Waals surface area contributed by atoms with Crippen LogP contribution in [-0.4, -0.2) is 29.6 Å². The van der Waals surface area contributed by atoms with E-state index in [9.17, 15) is 14.4 Å². The van der Waals surface area contributed by atoms with Gasteiger partial charge in [-0.05, 0) is 12.3 Å². The van der Waals surface area contributed by atoms with Crippen LogP contribution in [0.3, 0.4) is 0 Å². The minimum Gasteiger partial charge on any atom is -0.478 e. The molecule has 0 aliphatic heterocycles. The highest BCUT2D eigenvalue weighted by Gasteiger charge is 2.08. The summed E-state index contributed by atoms with van der Waals surface area (Å²) in [6.45, 7) is 9.03. The fourth-order valence-electron chi connectivity index (χ4n) is 1.40. The van der Waals surface area contributed by atoms with Gasteiger partial charge >= 0.3 is 17.9 Å². The summed E-state index contributed by atoms with van der Waals surface area (Å²) in [6.07, 6.45) is 7.09. The third-order valence-corrected chi connectivity index (χ3v) is 2.62. The molecule has 0 saturated heterocycles. The number of hydrogen-bond acceptors (Lipinski definition) is 5. The Hall–Kier alpha value is -2.11. The molecule has 0 rings (SSSR count). The molecular weight excluding hydrogens is 288 g/mol. The molecule has 0 saturated carbocycles. The lowest BCUT2D eigenvalue weighted by molar-refractivity contribution is -0.140. The molecule has 22 heavy (non-hydrogen) atoms. The van der Waals surface area contributed by atoms with Gasteiger partial charge in [-0.3, -0.25) is 4.79 Å². The van der Waals surface area contributed by atoms with Crippen molar-refractivity contribution in [3.8, 4) is 0 Å². The Morgan fingerprint density at radius 1 is 1.23 bits per heavy atom. The summed E-state index contributed by atoms with van der Waals surface area (Å²) < 4.78 is 9.12. The maximum Gasteiger partial charge on any atom is 0.331 e. The van der Waals surface area contributed by atoms with Gasteiger partial charge in [-0.15, -0.1) is 0 Å². The number of unbranched alkanes of at least 4 members (excludes halogenated alkanes) is 1. The van der Waals surface area contributed by atoms with E-state index in [4.69, 9.17) is 9.84 Å². The Morgan fingerprint density at radius 3 is 2.23 bits per heavy atom. The van der Waals surface area contributed by atoms with Crippen molar-refractivity contribution in [3.05, 3.63) is 25.0 Å². The molecule has 1 N–H and O–H groups in total. The highest BCUT2D eigenvalue weighted by Crippen LogP contribution is 2.12. The number of hydrogen-bond donors (Lipinski definition) is 1. The first-order chi connectivity index (χ1) is 10.4. The molecule has 6 heteroatoms. The molecule has 0 aliphatic rings. The van der Waals surface area contributed by atoms with Gasteiger partial charge in [0.2, 0.25) is 0 Å². The Bertz CT molecular complexity index is 373. The highest BCUT2D eigenvalue weighted by atomic mass is 16.5. The molecular formula is C16H26O6. The normalized spacial score (nSPS) is 11.0. The second kappa shape index (κ2) is 15.3. The van der Waals surface area contributed by atoms with Crippen LogP contribution in [0.1, 0.15) is 46.5 Å². The van der Waals surface area contributed by atoms with Gasteiger partial charge in [0.15, 0.2) is 0 Å². The monoisotopic (exact) mass is 314 g/mol. The van der Waals surface area contributed by atoms with Crippen molar-refractivity contribution in [2.24, 2.45) is 5.92 Å². The lowest BCUT2D eigenvalue weighted by Gasteiger charge is -2.13. The summed E-state index contributed by atoms with van der Waals surface area (Å²) in [7, 11) is 0. The first kappa shape index (κ1) is 22.2. The molecule has 126 valence electrons. The SMILES string of the molecule is C=COC(C)=O.CCCCC(CC)COC(=O)C=CC(=O)O. The highest BCUT2D eigenvalue weighted by molar-refractivity contribution is 5.90. The molecule has 0 spiro atoms. The number of esters is 2. The molecule has 1 atom stereocenters. The molecule has 0 amide bonds. The van der Waals surface area contributed by atoms with E-state index in [0.29, 0.717) is 12.5 Å². The van der Waals surface area contributed by atoms with E-state index in [1.54, 1.807) is 0 Å². The Kier molecular flexibility index (Phi) is 15.4. The van der Waals surface area contributed by atoms with Crippen molar-refractivity contribution in [2.45, 2.75) is 46.5 Å². The summed E-state index contributed by atoms with van der Waals surface area (Å²) in [5.41, 5.74) is 0. The zero-order valence-corrected chi connectivity index (χ0v) is 13.5. The van der Waals surface area contributed by atoms with E-state index in [0.717, 1.165) is 44.1 Å². The van der Waals surface area contributed by atoms with Crippen LogP contribution in [0.4, 0.5) is 0 Å². The Labute approximate surface area is 131 Å². The number of ether oxygens (including phenoxy) is 2. The summed E-state index contributed by atoms with van der Waals surface area (Å²) in [6, 6.07) is 0. The molecule has 0 aromatic carbocycles. The third kappa shape index (κ3) is 17.9. The lowest BCUT2D eigenvalue weighted by atomic mass is 10.0. The third-order valence-electron chi connectivity index (χ3n) is 2.62. The summed E-state index contributed by atoms with van der Waals surface area (Å²) in [5, 5.41) is 8.31. The van der Waals surface area contributed by atoms with Crippen molar-refractivity contribution in [1.82, 2.24) is 0 Å². The number of carboxylic acid groups (broad SMARTS) is 1. The predicted octanol–water partition coefficient (Wildman–Crippen LogP) is 3.08. The van der Waals surface area contributed by atoms with Gasteiger partial charge < -0.3 is 14.6 Å².